The molecule has 1 aromatic carbocycles. The molecule has 0 bridgehead atoms. The zero-order valence-electron chi connectivity index (χ0n) is 11.8. The molecular weight excluding hydrogens is 294 g/mol. The number of anilines is 1. The first-order valence-corrected chi connectivity index (χ1v) is 7.89. The molecule has 108 valence electrons. The van der Waals surface area contributed by atoms with Crippen molar-refractivity contribution in [3.8, 4) is 0 Å². The zero-order chi connectivity index (χ0) is 14.7. The molecule has 0 saturated heterocycles. The molecule has 0 aliphatic carbocycles. The summed E-state index contributed by atoms with van der Waals surface area (Å²) < 4.78 is 5.04. The molecule has 20 heavy (non-hydrogen) atoms. The van der Waals surface area contributed by atoms with Crippen LogP contribution in [0, 0.1) is 0 Å². The molecule has 1 aliphatic rings. The smallest absolute Gasteiger partial charge is 0.335 e. The summed E-state index contributed by atoms with van der Waals surface area (Å²) in [6.07, 6.45) is 2.30. The molecule has 3 nitrogen and oxygen atoms in total. The van der Waals surface area contributed by atoms with Gasteiger partial charge in [0.25, 0.3) is 0 Å². The van der Waals surface area contributed by atoms with Crippen LogP contribution in [0.25, 0.3) is 0 Å². The predicted molar refractivity (Wildman–Crippen MR) is 84.5 cm³/mol. The van der Waals surface area contributed by atoms with E-state index in [4.69, 9.17) is 16.3 Å². The monoisotopic (exact) mass is 311 g/mol. The lowest BCUT2D eigenvalue weighted by Gasteiger charge is -2.22. The third-order valence-electron chi connectivity index (χ3n) is 2.86. The summed E-state index contributed by atoms with van der Waals surface area (Å²) in [5.41, 5.74) is 2.72. The van der Waals surface area contributed by atoms with Crippen LogP contribution < -0.4 is 5.32 Å². The van der Waals surface area contributed by atoms with Crippen molar-refractivity contribution in [3.05, 3.63) is 34.5 Å². The molecule has 5 heteroatoms. The van der Waals surface area contributed by atoms with E-state index in [1.165, 1.54) is 0 Å². The van der Waals surface area contributed by atoms with Crippen LogP contribution in [0.1, 0.15) is 26.3 Å². The first-order chi connectivity index (χ1) is 9.52. The lowest BCUT2D eigenvalue weighted by atomic mass is 10.0. The lowest BCUT2D eigenvalue weighted by Crippen LogP contribution is -2.16. The van der Waals surface area contributed by atoms with Gasteiger partial charge in [-0.25, -0.2) is 4.79 Å². The Hall–Kier alpha value is -1.13. The highest BCUT2D eigenvalue weighted by molar-refractivity contribution is 8.00. The zero-order valence-corrected chi connectivity index (χ0v) is 13.4. The van der Waals surface area contributed by atoms with Crippen molar-refractivity contribution in [1.82, 2.24) is 0 Å². The molecule has 1 N–H and O–H groups in total. The highest BCUT2D eigenvalue weighted by Gasteiger charge is 2.21. The van der Waals surface area contributed by atoms with Crippen molar-refractivity contribution < 1.29 is 9.53 Å². The Balaban J connectivity index is 2.28. The van der Waals surface area contributed by atoms with E-state index in [0.717, 1.165) is 21.2 Å². The van der Waals surface area contributed by atoms with Gasteiger partial charge >= 0.3 is 5.97 Å². The number of fused-ring (bicyclic) bond motifs is 1. The third kappa shape index (κ3) is 3.30. The average molecular weight is 312 g/mol. The van der Waals surface area contributed by atoms with Crippen LogP contribution in [0.4, 0.5) is 5.69 Å². The van der Waals surface area contributed by atoms with Crippen molar-refractivity contribution in [2.75, 3.05) is 11.9 Å². The van der Waals surface area contributed by atoms with Gasteiger partial charge in [0.1, 0.15) is 0 Å². The number of thioether (sulfide) groups is 1. The van der Waals surface area contributed by atoms with Crippen LogP contribution in [0.5, 0.6) is 0 Å². The first kappa shape index (κ1) is 15.3. The Morgan fingerprint density at radius 2 is 2.25 bits per heavy atom. The van der Waals surface area contributed by atoms with Gasteiger partial charge in [0.15, 0.2) is 0 Å². The SMILES string of the molecule is CCOC(=O)C1=CNc2c(ccc(Cl)c2SC(C)C)C1. The summed E-state index contributed by atoms with van der Waals surface area (Å²) in [4.78, 5) is 12.8. The number of nitrogens with one attached hydrogen (secondary N) is 1. The molecule has 0 amide bonds. The molecule has 0 spiro atoms. The highest BCUT2D eigenvalue weighted by Crippen LogP contribution is 2.41. The molecule has 0 fully saturated rings. The third-order valence-corrected chi connectivity index (χ3v) is 4.42. The maximum absolute atomic E-state index is 11.8. The van der Waals surface area contributed by atoms with E-state index in [1.807, 2.05) is 12.1 Å². The first-order valence-electron chi connectivity index (χ1n) is 6.63. The molecule has 2 rings (SSSR count). The summed E-state index contributed by atoms with van der Waals surface area (Å²) in [6.45, 7) is 6.45. The van der Waals surface area contributed by atoms with Crippen LogP contribution in [-0.2, 0) is 16.0 Å². The van der Waals surface area contributed by atoms with Gasteiger partial charge in [0, 0.05) is 22.8 Å². The summed E-state index contributed by atoms with van der Waals surface area (Å²) >= 11 is 8.00. The summed E-state index contributed by atoms with van der Waals surface area (Å²) in [6, 6.07) is 3.85. The number of carbonyl (C=O) groups excluding carboxylic acids is 1. The molecular formula is C15H18ClNO2S. The minimum Gasteiger partial charge on any atom is -0.463 e. The van der Waals surface area contributed by atoms with Crippen molar-refractivity contribution in [2.45, 2.75) is 37.3 Å². The van der Waals surface area contributed by atoms with Crippen molar-refractivity contribution in [2.24, 2.45) is 0 Å². The highest BCUT2D eigenvalue weighted by atomic mass is 35.5. The van der Waals surface area contributed by atoms with Crippen LogP contribution in [0.3, 0.4) is 0 Å². The van der Waals surface area contributed by atoms with E-state index in [1.54, 1.807) is 24.9 Å². The standard InChI is InChI=1S/C15H18ClNO2S/c1-4-19-15(18)11-7-10-5-6-12(16)14(20-9(2)3)13(10)17-8-11/h5-6,8-9,17H,4,7H2,1-3H3. The second-order valence-electron chi connectivity index (χ2n) is 4.79. The predicted octanol–water partition coefficient (Wildman–Crippen LogP) is 4.26. The van der Waals surface area contributed by atoms with E-state index in [9.17, 15) is 4.79 Å². The van der Waals surface area contributed by atoms with Crippen molar-refractivity contribution in [3.63, 3.8) is 0 Å². The van der Waals surface area contributed by atoms with E-state index in [2.05, 4.69) is 19.2 Å². The van der Waals surface area contributed by atoms with Crippen molar-refractivity contribution in [1.29, 1.82) is 0 Å². The second-order valence-corrected chi connectivity index (χ2v) is 6.78. The fraction of sp³-hybridized carbons (Fsp3) is 0.400. The van der Waals surface area contributed by atoms with Gasteiger partial charge in [-0.05, 0) is 18.6 Å². The molecule has 0 unspecified atom stereocenters. The summed E-state index contributed by atoms with van der Waals surface area (Å²) in [5, 5.41) is 4.38. The van der Waals surface area contributed by atoms with E-state index < -0.39 is 0 Å². The fourth-order valence-corrected chi connectivity index (χ4v) is 3.28. The maximum Gasteiger partial charge on any atom is 0.335 e. The Bertz CT molecular complexity index is 555. The van der Waals surface area contributed by atoms with Gasteiger partial charge in [0.05, 0.1) is 22.9 Å². The normalized spacial score (nSPS) is 13.6. The van der Waals surface area contributed by atoms with Gasteiger partial charge in [-0.1, -0.05) is 31.5 Å². The Morgan fingerprint density at radius 3 is 2.90 bits per heavy atom. The summed E-state index contributed by atoms with van der Waals surface area (Å²) in [5.74, 6) is -0.265. The fourth-order valence-electron chi connectivity index (χ4n) is 2.02. The maximum atomic E-state index is 11.8. The molecule has 0 saturated carbocycles. The number of esters is 1. The molecule has 0 atom stereocenters. The van der Waals surface area contributed by atoms with Gasteiger partial charge in [-0.3, -0.25) is 0 Å². The van der Waals surface area contributed by atoms with Gasteiger partial charge in [0.2, 0.25) is 0 Å². The van der Waals surface area contributed by atoms with E-state index in [0.29, 0.717) is 23.9 Å². The molecule has 0 aromatic heterocycles. The second kappa shape index (κ2) is 6.55. The number of ether oxygens (including phenoxy) is 1. The van der Waals surface area contributed by atoms with E-state index in [-0.39, 0.29) is 5.97 Å². The molecule has 1 aromatic rings. The van der Waals surface area contributed by atoms with Gasteiger partial charge < -0.3 is 10.1 Å². The summed E-state index contributed by atoms with van der Waals surface area (Å²) in [7, 11) is 0. The lowest BCUT2D eigenvalue weighted by molar-refractivity contribution is -0.138. The Kier molecular flexibility index (Phi) is 5.00. The van der Waals surface area contributed by atoms with Crippen molar-refractivity contribution >= 4 is 35.0 Å². The average Bonchev–Trinajstić information content (AvgIpc) is 2.41. The van der Waals surface area contributed by atoms with Crippen LogP contribution in [-0.4, -0.2) is 17.8 Å². The Labute approximate surface area is 128 Å². The number of rotatable bonds is 4. The minimum atomic E-state index is -0.265. The number of hydrogen-bond donors (Lipinski definition) is 1. The largest absolute Gasteiger partial charge is 0.463 e. The molecule has 1 heterocycles. The number of benzene rings is 1. The van der Waals surface area contributed by atoms with Crippen LogP contribution in [0.2, 0.25) is 5.02 Å². The molecule has 0 radical (unpaired) electrons. The van der Waals surface area contributed by atoms with Crippen LogP contribution >= 0.6 is 23.4 Å². The van der Waals surface area contributed by atoms with Crippen LogP contribution in [0.15, 0.2) is 28.8 Å². The van der Waals surface area contributed by atoms with E-state index >= 15 is 0 Å². The number of hydrogen-bond acceptors (Lipinski definition) is 4. The van der Waals surface area contributed by atoms with Gasteiger partial charge in [-0.2, -0.15) is 0 Å². The quantitative estimate of drug-likeness (QED) is 0.666. The molecule has 1 aliphatic heterocycles. The Morgan fingerprint density at radius 1 is 1.50 bits per heavy atom. The topological polar surface area (TPSA) is 38.3 Å². The number of halogens is 1. The van der Waals surface area contributed by atoms with Gasteiger partial charge in [-0.15, -0.1) is 11.8 Å². The number of carbonyl (C=O) groups is 1. The minimum absolute atomic E-state index is 0.265.